The van der Waals surface area contributed by atoms with Crippen molar-refractivity contribution in [2.24, 2.45) is 0 Å². The quantitative estimate of drug-likeness (QED) is 0.887. The second-order valence-corrected chi connectivity index (χ2v) is 5.04. The average molecular weight is 307 g/mol. The van der Waals surface area contributed by atoms with Crippen LogP contribution in [0, 0.1) is 0 Å². The van der Waals surface area contributed by atoms with Gasteiger partial charge in [0.15, 0.2) is 11.5 Å². The monoisotopic (exact) mass is 306 g/mol. The molecule has 1 unspecified atom stereocenters. The second kappa shape index (κ2) is 6.50. The number of methoxy groups -OCH3 is 1. The van der Waals surface area contributed by atoms with Crippen LogP contribution in [0.3, 0.4) is 0 Å². The summed E-state index contributed by atoms with van der Waals surface area (Å²) in [6, 6.07) is 12.1. The Balaban J connectivity index is 2.34. The molecule has 2 aromatic rings. The molecule has 0 aromatic heterocycles. The molecule has 1 atom stereocenters. The van der Waals surface area contributed by atoms with Gasteiger partial charge in [0.1, 0.15) is 0 Å². The zero-order valence-corrected chi connectivity index (χ0v) is 12.2. The highest BCUT2D eigenvalue weighted by Crippen LogP contribution is 2.36. The van der Waals surface area contributed by atoms with Gasteiger partial charge in [0.25, 0.3) is 0 Å². The molecule has 0 aliphatic rings. The lowest BCUT2D eigenvalue weighted by atomic mass is 9.92. The maximum atomic E-state index is 11.5. The first-order valence-corrected chi connectivity index (χ1v) is 6.74. The normalized spacial score (nSPS) is 11.9. The SMILES string of the molecule is COc1cc(CC(C(=O)O)c2ccccc2)cc(Cl)c1O. The number of hydrogen-bond donors (Lipinski definition) is 2. The van der Waals surface area contributed by atoms with Gasteiger partial charge in [-0.25, -0.2) is 0 Å². The summed E-state index contributed by atoms with van der Waals surface area (Å²) in [4.78, 5) is 11.5. The van der Waals surface area contributed by atoms with Crippen LogP contribution in [-0.4, -0.2) is 23.3 Å². The van der Waals surface area contributed by atoms with E-state index in [0.29, 0.717) is 11.1 Å². The third-order valence-corrected chi connectivity index (χ3v) is 3.54. The van der Waals surface area contributed by atoms with Crippen molar-refractivity contribution >= 4 is 17.6 Å². The number of rotatable bonds is 5. The number of aromatic hydroxyl groups is 1. The number of ether oxygens (including phenoxy) is 1. The number of halogens is 1. The van der Waals surface area contributed by atoms with Crippen LogP contribution >= 0.6 is 11.6 Å². The third-order valence-electron chi connectivity index (χ3n) is 3.25. The molecule has 21 heavy (non-hydrogen) atoms. The smallest absolute Gasteiger partial charge is 0.311 e. The van der Waals surface area contributed by atoms with Gasteiger partial charge in [0.2, 0.25) is 0 Å². The Labute approximate surface area is 127 Å². The minimum absolute atomic E-state index is 0.140. The van der Waals surface area contributed by atoms with E-state index in [0.717, 1.165) is 0 Å². The summed E-state index contributed by atoms with van der Waals surface area (Å²) in [5, 5.41) is 19.3. The Bertz CT molecular complexity index is 640. The Morgan fingerprint density at radius 3 is 2.52 bits per heavy atom. The van der Waals surface area contributed by atoms with Gasteiger partial charge in [-0.15, -0.1) is 0 Å². The molecule has 0 amide bonds. The number of phenolic OH excluding ortho intramolecular Hbond substituents is 1. The summed E-state index contributed by atoms with van der Waals surface area (Å²) < 4.78 is 5.03. The second-order valence-electron chi connectivity index (χ2n) is 4.63. The van der Waals surface area contributed by atoms with Gasteiger partial charge in [-0.05, 0) is 29.7 Å². The first-order valence-electron chi connectivity index (χ1n) is 6.36. The summed E-state index contributed by atoms with van der Waals surface area (Å²) >= 11 is 5.93. The third kappa shape index (κ3) is 3.47. The zero-order valence-electron chi connectivity index (χ0n) is 11.4. The molecule has 0 saturated carbocycles. The summed E-state index contributed by atoms with van der Waals surface area (Å²) in [6.07, 6.45) is 0.260. The molecular formula is C16H15ClO4. The lowest BCUT2D eigenvalue weighted by Crippen LogP contribution is -2.14. The van der Waals surface area contributed by atoms with Gasteiger partial charge < -0.3 is 14.9 Å². The molecule has 0 bridgehead atoms. The molecule has 0 heterocycles. The van der Waals surface area contributed by atoms with Crippen molar-refractivity contribution < 1.29 is 19.7 Å². The van der Waals surface area contributed by atoms with Crippen molar-refractivity contribution in [2.75, 3.05) is 7.11 Å². The molecule has 0 spiro atoms. The van der Waals surface area contributed by atoms with Crippen molar-refractivity contribution in [3.63, 3.8) is 0 Å². The number of benzene rings is 2. The molecule has 0 saturated heterocycles. The van der Waals surface area contributed by atoms with E-state index in [9.17, 15) is 15.0 Å². The molecule has 2 aromatic carbocycles. The number of aliphatic carboxylic acids is 1. The highest BCUT2D eigenvalue weighted by Gasteiger charge is 2.21. The van der Waals surface area contributed by atoms with Crippen LogP contribution in [0.1, 0.15) is 17.0 Å². The van der Waals surface area contributed by atoms with E-state index in [1.54, 1.807) is 36.4 Å². The highest BCUT2D eigenvalue weighted by molar-refractivity contribution is 6.32. The zero-order chi connectivity index (χ0) is 15.4. The molecule has 0 fully saturated rings. The van der Waals surface area contributed by atoms with E-state index >= 15 is 0 Å². The summed E-state index contributed by atoms with van der Waals surface area (Å²) in [5.74, 6) is -1.51. The molecular weight excluding hydrogens is 292 g/mol. The predicted octanol–water partition coefficient (Wildman–Crippen LogP) is 3.47. The molecule has 0 aliphatic carbocycles. The molecule has 2 rings (SSSR count). The van der Waals surface area contributed by atoms with Crippen molar-refractivity contribution in [3.8, 4) is 11.5 Å². The maximum absolute atomic E-state index is 11.5. The van der Waals surface area contributed by atoms with Gasteiger partial charge in [-0.1, -0.05) is 41.9 Å². The largest absolute Gasteiger partial charge is 0.503 e. The number of carboxylic acid groups (broad SMARTS) is 1. The van der Waals surface area contributed by atoms with Gasteiger partial charge >= 0.3 is 5.97 Å². The van der Waals surface area contributed by atoms with Crippen LogP contribution in [0.4, 0.5) is 0 Å². The lowest BCUT2D eigenvalue weighted by molar-refractivity contribution is -0.138. The van der Waals surface area contributed by atoms with E-state index in [1.165, 1.54) is 7.11 Å². The Morgan fingerprint density at radius 2 is 1.95 bits per heavy atom. The van der Waals surface area contributed by atoms with Gasteiger partial charge in [0, 0.05) is 0 Å². The minimum atomic E-state index is -0.913. The highest BCUT2D eigenvalue weighted by atomic mass is 35.5. The Morgan fingerprint density at radius 1 is 1.29 bits per heavy atom. The molecule has 0 radical (unpaired) electrons. The van der Waals surface area contributed by atoms with Gasteiger partial charge in [0.05, 0.1) is 18.1 Å². The van der Waals surface area contributed by atoms with Crippen LogP contribution in [0.15, 0.2) is 42.5 Å². The van der Waals surface area contributed by atoms with Crippen molar-refractivity contribution in [1.29, 1.82) is 0 Å². The Hall–Kier alpha value is -2.20. The summed E-state index contributed by atoms with van der Waals surface area (Å²) in [6.45, 7) is 0. The number of carbonyl (C=O) groups is 1. The number of carboxylic acids is 1. The van der Waals surface area contributed by atoms with Gasteiger partial charge in [-0.3, -0.25) is 4.79 Å². The first kappa shape index (κ1) is 15.2. The van der Waals surface area contributed by atoms with Crippen LogP contribution in [0.25, 0.3) is 0 Å². The fourth-order valence-electron chi connectivity index (χ4n) is 2.17. The van der Waals surface area contributed by atoms with Crippen molar-refractivity contribution in [2.45, 2.75) is 12.3 Å². The summed E-state index contributed by atoms with van der Waals surface area (Å²) in [5.41, 5.74) is 1.40. The van der Waals surface area contributed by atoms with E-state index in [-0.39, 0.29) is 22.9 Å². The van der Waals surface area contributed by atoms with Crippen molar-refractivity contribution in [3.05, 3.63) is 58.6 Å². The topological polar surface area (TPSA) is 66.8 Å². The van der Waals surface area contributed by atoms with Gasteiger partial charge in [-0.2, -0.15) is 0 Å². The van der Waals surface area contributed by atoms with E-state index in [2.05, 4.69) is 0 Å². The lowest BCUT2D eigenvalue weighted by Gasteiger charge is -2.14. The minimum Gasteiger partial charge on any atom is -0.503 e. The fraction of sp³-hybridized carbons (Fsp3) is 0.188. The predicted molar refractivity (Wildman–Crippen MR) is 80.2 cm³/mol. The first-order chi connectivity index (χ1) is 10.0. The van der Waals surface area contributed by atoms with E-state index in [1.807, 2.05) is 6.07 Å². The average Bonchev–Trinajstić information content (AvgIpc) is 2.48. The molecule has 110 valence electrons. The summed E-state index contributed by atoms with van der Waals surface area (Å²) in [7, 11) is 1.42. The number of phenols is 1. The van der Waals surface area contributed by atoms with E-state index < -0.39 is 11.9 Å². The van der Waals surface area contributed by atoms with Crippen LogP contribution < -0.4 is 4.74 Å². The van der Waals surface area contributed by atoms with Crippen molar-refractivity contribution in [1.82, 2.24) is 0 Å². The molecule has 2 N–H and O–H groups in total. The van der Waals surface area contributed by atoms with E-state index in [4.69, 9.17) is 16.3 Å². The molecule has 5 heteroatoms. The fourth-order valence-corrected chi connectivity index (χ4v) is 2.40. The number of hydrogen-bond acceptors (Lipinski definition) is 3. The Kier molecular flexibility index (Phi) is 4.70. The molecule has 4 nitrogen and oxygen atoms in total. The van der Waals surface area contributed by atoms with Crippen LogP contribution in [0.2, 0.25) is 5.02 Å². The van der Waals surface area contributed by atoms with Crippen LogP contribution in [0.5, 0.6) is 11.5 Å². The molecule has 0 aliphatic heterocycles. The van der Waals surface area contributed by atoms with Crippen LogP contribution in [-0.2, 0) is 11.2 Å². The maximum Gasteiger partial charge on any atom is 0.311 e. The standard InChI is InChI=1S/C16H15ClO4/c1-21-14-9-10(8-13(17)15(14)18)7-12(16(19)20)11-5-3-2-4-6-11/h2-6,8-9,12,18H,7H2,1H3,(H,19,20).